The lowest BCUT2D eigenvalue weighted by Crippen LogP contribution is -2.50. The van der Waals surface area contributed by atoms with E-state index in [0.29, 0.717) is 0 Å². The van der Waals surface area contributed by atoms with Crippen LogP contribution in [0, 0.1) is 10.1 Å². The summed E-state index contributed by atoms with van der Waals surface area (Å²) in [6.07, 6.45) is 0.0136. The van der Waals surface area contributed by atoms with Crippen LogP contribution in [0.2, 0.25) is 0 Å². The van der Waals surface area contributed by atoms with Gasteiger partial charge in [0.15, 0.2) is 10.9 Å². The number of hydrogen-bond acceptors (Lipinski definition) is 6. The van der Waals surface area contributed by atoms with E-state index in [4.69, 9.17) is 17.2 Å². The highest BCUT2D eigenvalue weighted by atomic mass is 16.7. The molecule has 11 nitrogen and oxygen atoms in total. The number of carbonyl (C=O) groups excluding carboxylic acids is 2. The highest BCUT2D eigenvalue weighted by molar-refractivity contribution is 5.92. The average molecular weight is 595 g/mol. The van der Waals surface area contributed by atoms with Crippen LogP contribution in [0.4, 0.5) is 0 Å². The van der Waals surface area contributed by atoms with Gasteiger partial charge in [-0.15, -0.1) is 0 Å². The Balaban J connectivity index is 1.72. The van der Waals surface area contributed by atoms with Crippen molar-refractivity contribution in [1.29, 1.82) is 0 Å². The fraction of sp³-hybridized carbons (Fsp3) is 0.182. The molecule has 0 bridgehead atoms. The SMILES string of the molecule is NC(=O)[C@H](CCC(N)C(N)=N[N+](=O)[O-])N(Cc1ccc(-c2ccc(O)cc2)cc1)C(=O)C(c1ccccc1)c1ccccc1. The average Bonchev–Trinajstić information content (AvgIpc) is 3.02. The van der Waals surface area contributed by atoms with Crippen LogP contribution >= 0.6 is 0 Å². The first-order valence-electron chi connectivity index (χ1n) is 14.0. The number of hydrogen-bond donors (Lipinski definition) is 4. The summed E-state index contributed by atoms with van der Waals surface area (Å²) in [6.45, 7) is 0.0478. The van der Waals surface area contributed by atoms with Crippen molar-refractivity contribution < 1.29 is 19.7 Å². The molecule has 0 aromatic heterocycles. The Morgan fingerprint density at radius 3 is 1.77 bits per heavy atom. The lowest BCUT2D eigenvalue weighted by atomic mass is 9.89. The third-order valence-corrected chi connectivity index (χ3v) is 7.34. The summed E-state index contributed by atoms with van der Waals surface area (Å²) in [5, 5.41) is 22.5. The Kier molecular flexibility index (Phi) is 10.4. The largest absolute Gasteiger partial charge is 0.508 e. The Hall–Kier alpha value is -5.55. The summed E-state index contributed by atoms with van der Waals surface area (Å²) in [5.41, 5.74) is 21.6. The molecular formula is C33H34N6O5. The van der Waals surface area contributed by atoms with Crippen LogP contribution in [0.15, 0.2) is 114 Å². The smallest absolute Gasteiger partial charge is 0.240 e. The van der Waals surface area contributed by atoms with Crippen LogP contribution in [0.5, 0.6) is 5.75 Å². The lowest BCUT2D eigenvalue weighted by Gasteiger charge is -2.34. The second-order valence-electron chi connectivity index (χ2n) is 10.3. The predicted octanol–water partition coefficient (Wildman–Crippen LogP) is 3.73. The third-order valence-electron chi connectivity index (χ3n) is 7.34. The molecule has 0 aliphatic carbocycles. The molecule has 0 saturated heterocycles. The number of carbonyl (C=O) groups is 2. The van der Waals surface area contributed by atoms with Gasteiger partial charge in [0.25, 0.3) is 0 Å². The highest BCUT2D eigenvalue weighted by Crippen LogP contribution is 2.30. The van der Waals surface area contributed by atoms with Crippen LogP contribution in [0.1, 0.15) is 35.4 Å². The molecule has 0 aliphatic heterocycles. The Morgan fingerprint density at radius 1 is 0.795 bits per heavy atom. The first-order chi connectivity index (χ1) is 21.1. The van der Waals surface area contributed by atoms with Crippen molar-refractivity contribution in [2.24, 2.45) is 22.3 Å². The lowest BCUT2D eigenvalue weighted by molar-refractivity contribution is -0.485. The quantitative estimate of drug-likeness (QED) is 0.0784. The zero-order chi connectivity index (χ0) is 31.6. The van der Waals surface area contributed by atoms with Crippen LogP contribution in [0.3, 0.4) is 0 Å². The Labute approximate surface area is 254 Å². The van der Waals surface area contributed by atoms with Crippen LogP contribution in [-0.4, -0.2) is 44.8 Å². The molecule has 4 aromatic rings. The van der Waals surface area contributed by atoms with Gasteiger partial charge >= 0.3 is 0 Å². The predicted molar refractivity (Wildman–Crippen MR) is 168 cm³/mol. The van der Waals surface area contributed by atoms with E-state index >= 15 is 0 Å². The third kappa shape index (κ3) is 8.05. The number of primary amides is 1. The van der Waals surface area contributed by atoms with Gasteiger partial charge in [0.2, 0.25) is 11.8 Å². The van der Waals surface area contributed by atoms with Crippen LogP contribution in [-0.2, 0) is 16.1 Å². The van der Waals surface area contributed by atoms with Crippen molar-refractivity contribution in [3.05, 3.63) is 136 Å². The molecule has 2 amide bonds. The first-order valence-corrected chi connectivity index (χ1v) is 14.0. The molecule has 4 rings (SSSR count). The minimum atomic E-state index is -1.11. The number of benzene rings is 4. The Morgan fingerprint density at radius 2 is 1.30 bits per heavy atom. The summed E-state index contributed by atoms with van der Waals surface area (Å²) in [6, 6.07) is 30.6. The number of phenolic OH excluding ortho intramolecular Hbond substituents is 1. The van der Waals surface area contributed by atoms with E-state index in [1.165, 1.54) is 4.90 Å². The fourth-order valence-corrected chi connectivity index (χ4v) is 5.03. The minimum Gasteiger partial charge on any atom is -0.508 e. The summed E-state index contributed by atoms with van der Waals surface area (Å²) in [4.78, 5) is 39.7. The molecule has 226 valence electrons. The van der Waals surface area contributed by atoms with Gasteiger partial charge in [-0.25, -0.2) is 10.1 Å². The van der Waals surface area contributed by atoms with Crippen LogP contribution < -0.4 is 17.2 Å². The molecule has 1 unspecified atom stereocenters. The van der Waals surface area contributed by atoms with E-state index in [9.17, 15) is 24.8 Å². The van der Waals surface area contributed by atoms with Crippen molar-refractivity contribution in [2.75, 3.05) is 0 Å². The summed E-state index contributed by atoms with van der Waals surface area (Å²) in [7, 11) is 0. The van der Waals surface area contributed by atoms with Gasteiger partial charge in [-0.3, -0.25) is 9.59 Å². The maximum absolute atomic E-state index is 14.6. The van der Waals surface area contributed by atoms with Gasteiger partial charge in [0.1, 0.15) is 11.8 Å². The molecule has 44 heavy (non-hydrogen) atoms. The molecule has 2 atom stereocenters. The second-order valence-corrected chi connectivity index (χ2v) is 10.3. The van der Waals surface area contributed by atoms with Crippen molar-refractivity contribution in [3.8, 4) is 16.9 Å². The Bertz CT molecular complexity index is 1560. The monoisotopic (exact) mass is 594 g/mol. The molecule has 0 spiro atoms. The fourth-order valence-electron chi connectivity index (χ4n) is 5.03. The molecule has 11 heteroatoms. The standard InChI is InChI=1S/C33H34N6O5/c34-28(31(35)37-39(43)44)19-20-29(32(36)41)38(21-22-11-13-23(14-12-22)24-15-17-27(40)18-16-24)33(42)30(25-7-3-1-4-8-25)26-9-5-2-6-10-26/h1-18,28-30,40H,19-21,34H2,(H2,35,37)(H2,36,41)/t28?,29-/m0/s1. The number of rotatable bonds is 13. The summed E-state index contributed by atoms with van der Waals surface area (Å²) in [5.74, 6) is -2.09. The van der Waals surface area contributed by atoms with Crippen molar-refractivity contribution in [3.63, 3.8) is 0 Å². The minimum absolute atomic E-state index is 0.00192. The van der Waals surface area contributed by atoms with E-state index < -0.39 is 34.8 Å². The van der Waals surface area contributed by atoms with Gasteiger partial charge < -0.3 is 27.2 Å². The molecule has 0 heterocycles. The number of hydrazone groups is 1. The number of aromatic hydroxyl groups is 1. The number of nitrogens with two attached hydrogens (primary N) is 3. The van der Waals surface area contributed by atoms with Gasteiger partial charge in [0, 0.05) is 6.54 Å². The van der Waals surface area contributed by atoms with E-state index in [0.717, 1.165) is 27.8 Å². The van der Waals surface area contributed by atoms with Crippen molar-refractivity contribution in [2.45, 2.75) is 37.4 Å². The normalized spacial score (nSPS) is 12.8. The van der Waals surface area contributed by atoms with Gasteiger partial charge in [0.05, 0.1) is 17.1 Å². The highest BCUT2D eigenvalue weighted by Gasteiger charge is 2.35. The zero-order valence-electron chi connectivity index (χ0n) is 23.9. The molecule has 0 fully saturated rings. The second kappa shape index (κ2) is 14.6. The zero-order valence-corrected chi connectivity index (χ0v) is 23.9. The number of amides is 2. The van der Waals surface area contributed by atoms with E-state index in [1.54, 1.807) is 24.3 Å². The molecule has 7 N–H and O–H groups in total. The number of amidine groups is 1. The van der Waals surface area contributed by atoms with E-state index in [2.05, 4.69) is 5.10 Å². The summed E-state index contributed by atoms with van der Waals surface area (Å²) < 4.78 is 0. The van der Waals surface area contributed by atoms with Crippen molar-refractivity contribution >= 4 is 17.6 Å². The molecule has 4 aromatic carbocycles. The maximum Gasteiger partial charge on any atom is 0.240 e. The maximum atomic E-state index is 14.6. The van der Waals surface area contributed by atoms with Gasteiger partial charge in [-0.1, -0.05) is 97.1 Å². The number of phenols is 1. The summed E-state index contributed by atoms with van der Waals surface area (Å²) >= 11 is 0. The molecule has 0 radical (unpaired) electrons. The topological polar surface area (TPSA) is 191 Å². The number of nitro groups is 1. The van der Waals surface area contributed by atoms with Gasteiger partial charge in [-0.05, 0) is 52.8 Å². The van der Waals surface area contributed by atoms with Crippen molar-refractivity contribution in [1.82, 2.24) is 4.90 Å². The number of nitrogens with zero attached hydrogens (tertiary/aromatic N) is 3. The van der Waals surface area contributed by atoms with E-state index in [1.807, 2.05) is 84.9 Å². The van der Waals surface area contributed by atoms with Crippen LogP contribution in [0.25, 0.3) is 11.1 Å². The first kappa shape index (κ1) is 31.4. The molecular weight excluding hydrogens is 560 g/mol. The molecule has 0 saturated carbocycles. The van der Waals surface area contributed by atoms with Gasteiger partial charge in [-0.2, -0.15) is 0 Å². The molecule has 0 aliphatic rings. The van der Waals surface area contributed by atoms with E-state index in [-0.39, 0.29) is 31.0 Å².